The van der Waals surface area contributed by atoms with Crippen LogP contribution in [0.2, 0.25) is 0 Å². The van der Waals surface area contributed by atoms with Crippen LogP contribution in [-0.4, -0.2) is 56.3 Å². The van der Waals surface area contributed by atoms with Gasteiger partial charge in [0, 0.05) is 37.0 Å². The number of nitrogens with one attached hydrogen (secondary N) is 2. The number of anilines is 2. The van der Waals surface area contributed by atoms with E-state index in [1.165, 1.54) is 21.8 Å². The zero-order valence-electron chi connectivity index (χ0n) is 20.0. The number of aromatic amines is 1. The molecular formula is C25H26N6O3S2. The summed E-state index contributed by atoms with van der Waals surface area (Å²) >= 11 is 2.82. The van der Waals surface area contributed by atoms with E-state index in [9.17, 15) is 14.4 Å². The maximum absolute atomic E-state index is 13.5. The van der Waals surface area contributed by atoms with Gasteiger partial charge in [0.15, 0.2) is 0 Å². The zero-order chi connectivity index (χ0) is 25.0. The summed E-state index contributed by atoms with van der Waals surface area (Å²) in [5, 5.41) is 4.44. The number of benzene rings is 1. The molecule has 186 valence electrons. The molecule has 2 amide bonds. The first kappa shape index (κ1) is 23.1. The predicted molar refractivity (Wildman–Crippen MR) is 142 cm³/mol. The second-order valence-electron chi connectivity index (χ2n) is 9.48. The van der Waals surface area contributed by atoms with E-state index in [0.717, 1.165) is 57.6 Å². The van der Waals surface area contributed by atoms with Crippen molar-refractivity contribution in [2.24, 2.45) is 5.92 Å². The van der Waals surface area contributed by atoms with Crippen LogP contribution in [0, 0.1) is 5.92 Å². The van der Waals surface area contributed by atoms with Crippen molar-refractivity contribution >= 4 is 66.4 Å². The van der Waals surface area contributed by atoms with Gasteiger partial charge in [0.2, 0.25) is 11.8 Å². The number of aryl methyl sites for hydroxylation is 1. The molecule has 3 aromatic heterocycles. The number of thiazole rings is 1. The number of likely N-dealkylation sites (tertiary alicyclic amines) is 1. The van der Waals surface area contributed by atoms with Gasteiger partial charge in [0.1, 0.15) is 23.1 Å². The largest absolute Gasteiger partial charge is 0.340 e. The number of hydrogen-bond acceptors (Lipinski definition) is 8. The molecule has 2 aliphatic rings. The Morgan fingerprint density at radius 2 is 2.08 bits per heavy atom. The summed E-state index contributed by atoms with van der Waals surface area (Å²) in [5.74, 6) is 0.789. The molecule has 1 saturated heterocycles. The molecule has 2 N–H and O–H groups in total. The molecule has 36 heavy (non-hydrogen) atoms. The minimum absolute atomic E-state index is 0.0152. The van der Waals surface area contributed by atoms with Gasteiger partial charge in [-0.05, 0) is 55.9 Å². The Bertz CT molecular complexity index is 1560. The Morgan fingerprint density at radius 3 is 2.92 bits per heavy atom. The summed E-state index contributed by atoms with van der Waals surface area (Å²) in [6, 6.07) is 5.77. The van der Waals surface area contributed by atoms with Crippen molar-refractivity contribution in [3.05, 3.63) is 44.6 Å². The Balaban J connectivity index is 1.27. The van der Waals surface area contributed by atoms with Gasteiger partial charge in [-0.1, -0.05) is 11.3 Å². The summed E-state index contributed by atoms with van der Waals surface area (Å²) in [4.78, 5) is 54.6. The molecule has 0 spiro atoms. The molecular weight excluding hydrogens is 496 g/mol. The van der Waals surface area contributed by atoms with E-state index < -0.39 is 0 Å². The number of carbonyl (C=O) groups excluding carboxylic acids is 2. The van der Waals surface area contributed by atoms with Crippen molar-refractivity contribution in [1.29, 1.82) is 0 Å². The zero-order valence-corrected chi connectivity index (χ0v) is 21.7. The Morgan fingerprint density at radius 1 is 1.22 bits per heavy atom. The molecule has 1 fully saturated rings. The van der Waals surface area contributed by atoms with Gasteiger partial charge < -0.3 is 20.1 Å². The van der Waals surface area contributed by atoms with Crippen molar-refractivity contribution in [2.75, 3.05) is 18.9 Å². The fraction of sp³-hybridized carbons (Fsp3) is 0.400. The van der Waals surface area contributed by atoms with Crippen molar-refractivity contribution in [2.45, 2.75) is 45.2 Å². The lowest BCUT2D eigenvalue weighted by atomic mass is 9.87. The number of aromatic nitrogens is 3. The maximum atomic E-state index is 13.5. The van der Waals surface area contributed by atoms with Gasteiger partial charge in [0.05, 0.1) is 15.6 Å². The van der Waals surface area contributed by atoms with E-state index in [0.29, 0.717) is 13.0 Å². The van der Waals surface area contributed by atoms with Crippen LogP contribution in [-0.2, 0) is 22.4 Å². The van der Waals surface area contributed by atoms with Crippen LogP contribution in [0.4, 0.5) is 11.5 Å². The van der Waals surface area contributed by atoms with Gasteiger partial charge in [-0.3, -0.25) is 14.4 Å². The number of rotatable bonds is 4. The van der Waals surface area contributed by atoms with Crippen molar-refractivity contribution in [3.63, 3.8) is 0 Å². The van der Waals surface area contributed by atoms with Crippen LogP contribution >= 0.6 is 22.7 Å². The number of amides is 2. The fourth-order valence-electron chi connectivity index (χ4n) is 5.43. The molecule has 11 heteroatoms. The summed E-state index contributed by atoms with van der Waals surface area (Å²) in [6.45, 7) is 2.26. The SMILES string of the molecule is CC(=O)N(C)C1CCCN1C(=O)[C@@H]1CCc2c(sc3ncnc(Nc4ccc5[nH]c(=O)sc5c4)c23)C1. The highest BCUT2D eigenvalue weighted by Crippen LogP contribution is 2.41. The minimum atomic E-state index is -0.142. The van der Waals surface area contributed by atoms with E-state index in [-0.39, 0.29) is 28.8 Å². The molecule has 1 unspecified atom stereocenters. The molecule has 6 rings (SSSR count). The van der Waals surface area contributed by atoms with E-state index in [1.807, 2.05) is 23.1 Å². The summed E-state index contributed by atoms with van der Waals surface area (Å²) in [7, 11) is 1.78. The van der Waals surface area contributed by atoms with Gasteiger partial charge in [-0.15, -0.1) is 11.3 Å². The predicted octanol–water partition coefficient (Wildman–Crippen LogP) is 3.87. The smallest absolute Gasteiger partial charge is 0.305 e. The Hall–Kier alpha value is -3.31. The third-order valence-electron chi connectivity index (χ3n) is 7.33. The topological polar surface area (TPSA) is 111 Å². The lowest BCUT2D eigenvalue weighted by molar-refractivity contribution is -0.144. The molecule has 0 bridgehead atoms. The third-order valence-corrected chi connectivity index (χ3v) is 9.33. The monoisotopic (exact) mass is 522 g/mol. The highest BCUT2D eigenvalue weighted by atomic mass is 32.1. The van der Waals surface area contributed by atoms with Gasteiger partial charge in [-0.25, -0.2) is 9.97 Å². The quantitative estimate of drug-likeness (QED) is 0.421. The number of thiophene rings is 1. The average Bonchev–Trinajstić information content (AvgIpc) is 3.58. The lowest BCUT2D eigenvalue weighted by Gasteiger charge is -2.35. The fourth-order valence-corrected chi connectivity index (χ4v) is 7.47. The minimum Gasteiger partial charge on any atom is -0.340 e. The lowest BCUT2D eigenvalue weighted by Crippen LogP contribution is -2.49. The molecule has 4 aromatic rings. The van der Waals surface area contributed by atoms with Crippen LogP contribution in [0.25, 0.3) is 20.4 Å². The van der Waals surface area contributed by atoms with Crippen LogP contribution in [0.15, 0.2) is 29.3 Å². The maximum Gasteiger partial charge on any atom is 0.305 e. The molecule has 1 aliphatic carbocycles. The summed E-state index contributed by atoms with van der Waals surface area (Å²) in [5.41, 5.74) is 2.89. The Labute approximate surface area is 215 Å². The van der Waals surface area contributed by atoms with Crippen LogP contribution in [0.5, 0.6) is 0 Å². The van der Waals surface area contributed by atoms with Crippen molar-refractivity contribution in [1.82, 2.24) is 24.8 Å². The van der Waals surface area contributed by atoms with Gasteiger partial charge in [0.25, 0.3) is 0 Å². The third kappa shape index (κ3) is 3.96. The molecule has 9 nitrogen and oxygen atoms in total. The number of carbonyl (C=O) groups is 2. The summed E-state index contributed by atoms with van der Waals surface area (Å²) in [6.07, 6.45) is 5.41. The number of H-pyrrole nitrogens is 1. The first-order valence-corrected chi connectivity index (χ1v) is 13.7. The average molecular weight is 523 g/mol. The molecule has 1 aliphatic heterocycles. The highest BCUT2D eigenvalue weighted by molar-refractivity contribution is 7.19. The van der Waals surface area contributed by atoms with Crippen LogP contribution in [0.3, 0.4) is 0 Å². The molecule has 1 aromatic carbocycles. The standard InChI is InChI=1S/C25H26N6O3S2/c1-13(32)30(2)20-4-3-9-31(20)24(33)14-5-7-16-18(10-14)35-23-21(16)22(26-12-27-23)28-15-6-8-17-19(11-15)36-25(34)29-17/h6,8,11-12,14,20H,3-5,7,9-10H2,1-2H3,(H,29,34)(H,26,27,28)/t14-,20?/m1/s1. The van der Waals surface area contributed by atoms with Crippen molar-refractivity contribution < 1.29 is 9.59 Å². The molecule has 2 atom stereocenters. The second kappa shape index (κ2) is 8.97. The number of nitrogens with zero attached hydrogens (tertiary/aromatic N) is 4. The molecule has 4 heterocycles. The van der Waals surface area contributed by atoms with E-state index in [2.05, 4.69) is 20.3 Å². The van der Waals surface area contributed by atoms with E-state index in [1.54, 1.807) is 36.5 Å². The van der Waals surface area contributed by atoms with E-state index in [4.69, 9.17) is 0 Å². The second-order valence-corrected chi connectivity index (χ2v) is 11.6. The van der Waals surface area contributed by atoms with E-state index >= 15 is 0 Å². The molecule has 0 saturated carbocycles. The number of hydrogen-bond donors (Lipinski definition) is 2. The highest BCUT2D eigenvalue weighted by Gasteiger charge is 2.38. The molecule has 0 radical (unpaired) electrons. The first-order valence-electron chi connectivity index (χ1n) is 12.1. The number of fused-ring (bicyclic) bond motifs is 4. The van der Waals surface area contributed by atoms with Crippen LogP contribution in [0.1, 0.15) is 36.6 Å². The van der Waals surface area contributed by atoms with Gasteiger partial charge >= 0.3 is 4.87 Å². The van der Waals surface area contributed by atoms with Gasteiger partial charge in [-0.2, -0.15) is 0 Å². The first-order chi connectivity index (χ1) is 17.4. The Kier molecular flexibility index (Phi) is 5.76. The summed E-state index contributed by atoms with van der Waals surface area (Å²) < 4.78 is 0.889. The normalized spacial score (nSPS) is 19.6. The van der Waals surface area contributed by atoms with Crippen LogP contribution < -0.4 is 10.2 Å². The van der Waals surface area contributed by atoms with Crippen molar-refractivity contribution in [3.8, 4) is 0 Å².